The molecule has 0 aliphatic heterocycles. The van der Waals surface area contributed by atoms with Crippen molar-refractivity contribution in [2.24, 2.45) is 0 Å². The van der Waals surface area contributed by atoms with Gasteiger partial charge < -0.3 is 14.6 Å². The van der Waals surface area contributed by atoms with Crippen LogP contribution in [0.4, 0.5) is 0 Å². The highest BCUT2D eigenvalue weighted by Gasteiger charge is 2.26. The zero-order chi connectivity index (χ0) is 12.7. The smallest absolute Gasteiger partial charge is 0.322 e. The van der Waals surface area contributed by atoms with Gasteiger partial charge in [0.2, 0.25) is 0 Å². The molecule has 0 amide bonds. The molecule has 7 heteroatoms. The Morgan fingerprint density at radius 2 is 1.75 bits per heavy atom. The van der Waals surface area contributed by atoms with Crippen molar-refractivity contribution in [2.45, 2.75) is 13.0 Å². The summed E-state index contributed by atoms with van der Waals surface area (Å²) in [6.45, 7) is 0.738. The van der Waals surface area contributed by atoms with Crippen LogP contribution in [0, 0.1) is 0 Å². The summed E-state index contributed by atoms with van der Waals surface area (Å²) < 4.78 is 8.86. The van der Waals surface area contributed by atoms with E-state index < -0.39 is 30.5 Å². The Balaban J connectivity index is 4.58. The van der Waals surface area contributed by atoms with Crippen LogP contribution in [0.5, 0.6) is 0 Å². The molecule has 0 spiro atoms. The van der Waals surface area contributed by atoms with Gasteiger partial charge in [0.15, 0.2) is 0 Å². The summed E-state index contributed by atoms with van der Waals surface area (Å²) in [7, 11) is 2.38. The minimum Gasteiger partial charge on any atom is -0.480 e. The lowest BCUT2D eigenvalue weighted by molar-refractivity contribution is -0.151. The van der Waals surface area contributed by atoms with Crippen molar-refractivity contribution in [3.8, 4) is 0 Å². The minimum absolute atomic E-state index is 0.279. The number of hydrogen-bond donors (Lipinski definition) is 1. The Hall–Kier alpha value is -1.63. The summed E-state index contributed by atoms with van der Waals surface area (Å²) in [6, 6.07) is -0.819. The van der Waals surface area contributed by atoms with Crippen LogP contribution in [0.2, 0.25) is 0 Å². The Morgan fingerprint density at radius 3 is 2.12 bits per heavy atom. The van der Waals surface area contributed by atoms with E-state index in [9.17, 15) is 14.4 Å². The highest BCUT2D eigenvalue weighted by atomic mass is 16.5. The predicted octanol–water partition coefficient (Wildman–Crippen LogP) is -0.892. The zero-order valence-corrected chi connectivity index (χ0v) is 9.43. The largest absolute Gasteiger partial charge is 0.480 e. The lowest BCUT2D eigenvalue weighted by Gasteiger charge is -2.23. The van der Waals surface area contributed by atoms with Crippen LogP contribution in [0.3, 0.4) is 0 Å². The standard InChI is InChI=1S/C9H15NO6/c1-6(9(14)16-3)10(4-7(11)12)5-8(13)15-2/h6H,4-5H2,1-3H3,(H,11,12). The van der Waals surface area contributed by atoms with Gasteiger partial charge in [-0.2, -0.15) is 0 Å². The normalized spacial score (nSPS) is 12.0. The van der Waals surface area contributed by atoms with Crippen molar-refractivity contribution < 1.29 is 29.0 Å². The van der Waals surface area contributed by atoms with E-state index >= 15 is 0 Å². The molecule has 1 N–H and O–H groups in total. The number of methoxy groups -OCH3 is 2. The molecular weight excluding hydrogens is 218 g/mol. The van der Waals surface area contributed by atoms with Crippen LogP contribution < -0.4 is 0 Å². The molecule has 0 fully saturated rings. The first kappa shape index (κ1) is 14.4. The second-order valence-electron chi connectivity index (χ2n) is 3.07. The maximum Gasteiger partial charge on any atom is 0.322 e. The molecule has 92 valence electrons. The Morgan fingerprint density at radius 1 is 1.19 bits per heavy atom. The molecule has 0 heterocycles. The highest BCUT2D eigenvalue weighted by molar-refractivity contribution is 5.79. The first-order valence-electron chi connectivity index (χ1n) is 4.52. The fourth-order valence-electron chi connectivity index (χ4n) is 1.05. The molecule has 0 saturated heterocycles. The summed E-state index contributed by atoms with van der Waals surface area (Å²) in [5.74, 6) is -2.36. The molecule has 0 rings (SSSR count). The number of carboxylic acid groups (broad SMARTS) is 1. The van der Waals surface area contributed by atoms with Crippen LogP contribution in [-0.2, 0) is 23.9 Å². The second kappa shape index (κ2) is 6.78. The van der Waals surface area contributed by atoms with Gasteiger partial charge >= 0.3 is 17.9 Å². The molecule has 0 bridgehead atoms. The van der Waals surface area contributed by atoms with Gasteiger partial charge in [-0.3, -0.25) is 19.3 Å². The molecule has 1 unspecified atom stereocenters. The number of aliphatic carboxylic acids is 1. The molecular formula is C9H15NO6. The quantitative estimate of drug-likeness (QED) is 0.594. The van der Waals surface area contributed by atoms with Crippen molar-refractivity contribution in [1.82, 2.24) is 4.90 Å². The molecule has 7 nitrogen and oxygen atoms in total. The average Bonchev–Trinajstić information content (AvgIpc) is 2.25. The van der Waals surface area contributed by atoms with Crippen molar-refractivity contribution in [3.63, 3.8) is 0 Å². The third kappa shape index (κ3) is 4.74. The summed E-state index contributed by atoms with van der Waals surface area (Å²) in [5, 5.41) is 8.63. The van der Waals surface area contributed by atoms with Crippen LogP contribution in [0.15, 0.2) is 0 Å². The van der Waals surface area contributed by atoms with Crippen molar-refractivity contribution in [3.05, 3.63) is 0 Å². The molecule has 16 heavy (non-hydrogen) atoms. The maximum atomic E-state index is 11.2. The van der Waals surface area contributed by atoms with Gasteiger partial charge in [0.25, 0.3) is 0 Å². The maximum absolute atomic E-state index is 11.2. The fraction of sp³-hybridized carbons (Fsp3) is 0.667. The van der Waals surface area contributed by atoms with Gasteiger partial charge in [0, 0.05) is 0 Å². The molecule has 0 aliphatic carbocycles. The first-order chi connectivity index (χ1) is 7.42. The van der Waals surface area contributed by atoms with E-state index in [1.165, 1.54) is 21.1 Å². The van der Waals surface area contributed by atoms with Gasteiger partial charge in [-0.25, -0.2) is 0 Å². The van der Waals surface area contributed by atoms with E-state index in [0.29, 0.717) is 0 Å². The number of carbonyl (C=O) groups excluding carboxylic acids is 2. The molecule has 0 aromatic heterocycles. The van der Waals surface area contributed by atoms with Crippen LogP contribution in [0.1, 0.15) is 6.92 Å². The molecule has 1 atom stereocenters. The summed E-state index contributed by atoms with van der Waals surface area (Å²) in [6.07, 6.45) is 0. The lowest BCUT2D eigenvalue weighted by atomic mass is 10.3. The Kier molecular flexibility index (Phi) is 6.09. The third-order valence-electron chi connectivity index (χ3n) is 1.99. The predicted molar refractivity (Wildman–Crippen MR) is 52.7 cm³/mol. The van der Waals surface area contributed by atoms with Crippen molar-refractivity contribution >= 4 is 17.9 Å². The number of ether oxygens (including phenoxy) is 2. The topological polar surface area (TPSA) is 93.1 Å². The molecule has 0 aliphatic rings. The van der Waals surface area contributed by atoms with E-state index in [1.807, 2.05) is 0 Å². The summed E-state index contributed by atoms with van der Waals surface area (Å²) in [4.78, 5) is 33.9. The minimum atomic E-state index is -1.14. The molecule has 0 aromatic rings. The number of hydrogen-bond acceptors (Lipinski definition) is 6. The number of carboxylic acids is 1. The monoisotopic (exact) mass is 233 g/mol. The molecule has 0 saturated carbocycles. The van der Waals surface area contributed by atoms with Crippen LogP contribution >= 0.6 is 0 Å². The van der Waals surface area contributed by atoms with Gasteiger partial charge in [-0.1, -0.05) is 0 Å². The SMILES string of the molecule is COC(=O)CN(CC(=O)O)C(C)C(=O)OC. The second-order valence-corrected chi connectivity index (χ2v) is 3.07. The van der Waals surface area contributed by atoms with Crippen LogP contribution in [0.25, 0.3) is 0 Å². The Bertz CT molecular complexity index is 277. The number of nitrogens with zero attached hydrogens (tertiary/aromatic N) is 1. The van der Waals surface area contributed by atoms with E-state index in [0.717, 1.165) is 4.90 Å². The average molecular weight is 233 g/mol. The number of carbonyl (C=O) groups is 3. The van der Waals surface area contributed by atoms with Gasteiger partial charge in [-0.05, 0) is 6.92 Å². The van der Waals surface area contributed by atoms with E-state index in [2.05, 4.69) is 9.47 Å². The van der Waals surface area contributed by atoms with Gasteiger partial charge in [0.05, 0.1) is 27.3 Å². The highest BCUT2D eigenvalue weighted by Crippen LogP contribution is 2.01. The van der Waals surface area contributed by atoms with E-state index in [-0.39, 0.29) is 6.54 Å². The summed E-state index contributed by atoms with van der Waals surface area (Å²) in [5.41, 5.74) is 0. The van der Waals surface area contributed by atoms with Crippen LogP contribution in [-0.4, -0.2) is 61.3 Å². The number of esters is 2. The van der Waals surface area contributed by atoms with Gasteiger partial charge in [0.1, 0.15) is 6.04 Å². The first-order valence-corrected chi connectivity index (χ1v) is 4.52. The fourth-order valence-corrected chi connectivity index (χ4v) is 1.05. The van der Waals surface area contributed by atoms with E-state index in [1.54, 1.807) is 0 Å². The summed E-state index contributed by atoms with van der Waals surface area (Å²) >= 11 is 0. The Labute approximate surface area is 92.9 Å². The van der Waals surface area contributed by atoms with Crippen molar-refractivity contribution in [1.29, 1.82) is 0 Å². The lowest BCUT2D eigenvalue weighted by Crippen LogP contribution is -2.45. The molecule has 0 aromatic carbocycles. The van der Waals surface area contributed by atoms with Crippen molar-refractivity contribution in [2.75, 3.05) is 27.3 Å². The zero-order valence-electron chi connectivity index (χ0n) is 9.43. The van der Waals surface area contributed by atoms with Gasteiger partial charge in [-0.15, -0.1) is 0 Å². The molecule has 0 radical (unpaired) electrons. The van der Waals surface area contributed by atoms with E-state index in [4.69, 9.17) is 5.11 Å². The number of rotatable bonds is 6. The third-order valence-corrected chi connectivity index (χ3v) is 1.99.